The van der Waals surface area contributed by atoms with Crippen LogP contribution in [0.4, 0.5) is 0 Å². The number of hydrogen-bond acceptors (Lipinski definition) is 3. The lowest BCUT2D eigenvalue weighted by Gasteiger charge is -2.20. The van der Waals surface area contributed by atoms with Gasteiger partial charge in [-0.15, -0.1) is 0 Å². The molecule has 0 aliphatic heterocycles. The van der Waals surface area contributed by atoms with Crippen LogP contribution in [0, 0.1) is 0 Å². The lowest BCUT2D eigenvalue weighted by molar-refractivity contribution is 0.458. The molecular weight excluding hydrogens is 262 g/mol. The van der Waals surface area contributed by atoms with Crippen LogP contribution in [0.3, 0.4) is 0 Å². The maximum atomic E-state index is 12.6. The summed E-state index contributed by atoms with van der Waals surface area (Å²) in [7, 11) is 0. The standard InChI is InChI=1S/C17H25N3O/c1-4-7-12-18-14(5-2)16-19-15-11-9-8-10-13(15)17(21)20(16)6-3/h8-11,14,18H,4-7,12H2,1-3H3/t14-/m1/s1. The van der Waals surface area contributed by atoms with Crippen molar-refractivity contribution in [2.75, 3.05) is 6.54 Å². The van der Waals surface area contributed by atoms with Crippen LogP contribution in [0.15, 0.2) is 29.1 Å². The fraction of sp³-hybridized carbons (Fsp3) is 0.529. The van der Waals surface area contributed by atoms with Gasteiger partial charge in [0, 0.05) is 6.54 Å². The largest absolute Gasteiger partial charge is 0.307 e. The van der Waals surface area contributed by atoms with Crippen molar-refractivity contribution in [3.63, 3.8) is 0 Å². The van der Waals surface area contributed by atoms with E-state index in [0.717, 1.165) is 37.1 Å². The highest BCUT2D eigenvalue weighted by molar-refractivity contribution is 5.77. The van der Waals surface area contributed by atoms with Crippen LogP contribution in [0.2, 0.25) is 0 Å². The zero-order valence-electron chi connectivity index (χ0n) is 13.2. The van der Waals surface area contributed by atoms with Gasteiger partial charge in [0.1, 0.15) is 5.82 Å². The van der Waals surface area contributed by atoms with Crippen molar-refractivity contribution in [3.8, 4) is 0 Å². The molecule has 2 rings (SSSR count). The first-order valence-electron chi connectivity index (χ1n) is 7.95. The molecule has 1 heterocycles. The van der Waals surface area contributed by atoms with E-state index in [1.54, 1.807) is 4.57 Å². The van der Waals surface area contributed by atoms with Gasteiger partial charge in [-0.1, -0.05) is 32.4 Å². The van der Waals surface area contributed by atoms with Gasteiger partial charge >= 0.3 is 0 Å². The summed E-state index contributed by atoms with van der Waals surface area (Å²) in [6.45, 7) is 7.92. The maximum Gasteiger partial charge on any atom is 0.261 e. The van der Waals surface area contributed by atoms with Crippen LogP contribution in [-0.4, -0.2) is 16.1 Å². The fourth-order valence-electron chi connectivity index (χ4n) is 2.63. The molecule has 21 heavy (non-hydrogen) atoms. The van der Waals surface area contributed by atoms with Crippen LogP contribution in [0.1, 0.15) is 51.9 Å². The molecule has 0 aliphatic rings. The summed E-state index contributed by atoms with van der Waals surface area (Å²) in [6.07, 6.45) is 3.23. The van der Waals surface area contributed by atoms with E-state index in [9.17, 15) is 4.79 Å². The lowest BCUT2D eigenvalue weighted by atomic mass is 10.1. The van der Waals surface area contributed by atoms with Crippen molar-refractivity contribution in [1.29, 1.82) is 0 Å². The van der Waals surface area contributed by atoms with Crippen molar-refractivity contribution >= 4 is 10.9 Å². The Balaban J connectivity index is 2.48. The Morgan fingerprint density at radius 3 is 2.67 bits per heavy atom. The minimum Gasteiger partial charge on any atom is -0.307 e. The zero-order chi connectivity index (χ0) is 15.2. The molecule has 1 N–H and O–H groups in total. The average molecular weight is 287 g/mol. The molecule has 0 amide bonds. The zero-order valence-corrected chi connectivity index (χ0v) is 13.2. The summed E-state index contributed by atoms with van der Waals surface area (Å²) in [5.74, 6) is 0.861. The number of benzene rings is 1. The van der Waals surface area contributed by atoms with Crippen molar-refractivity contribution in [2.45, 2.75) is 52.6 Å². The van der Waals surface area contributed by atoms with Gasteiger partial charge in [0.25, 0.3) is 5.56 Å². The van der Waals surface area contributed by atoms with Crippen LogP contribution >= 0.6 is 0 Å². The normalized spacial score (nSPS) is 12.7. The third-order valence-corrected chi connectivity index (χ3v) is 3.85. The molecule has 1 aromatic heterocycles. The Morgan fingerprint density at radius 2 is 2.00 bits per heavy atom. The third kappa shape index (κ3) is 3.32. The number of para-hydroxylation sites is 1. The van der Waals surface area contributed by atoms with E-state index < -0.39 is 0 Å². The molecule has 4 nitrogen and oxygen atoms in total. The van der Waals surface area contributed by atoms with Crippen molar-refractivity contribution < 1.29 is 0 Å². The smallest absolute Gasteiger partial charge is 0.261 e. The highest BCUT2D eigenvalue weighted by Gasteiger charge is 2.17. The highest BCUT2D eigenvalue weighted by atomic mass is 16.1. The molecule has 0 bridgehead atoms. The van der Waals surface area contributed by atoms with Gasteiger partial charge in [-0.2, -0.15) is 0 Å². The quantitative estimate of drug-likeness (QED) is 0.795. The first kappa shape index (κ1) is 15.7. The minimum absolute atomic E-state index is 0.0637. The molecule has 0 aliphatic carbocycles. The second kappa shape index (κ2) is 7.36. The van der Waals surface area contributed by atoms with E-state index in [2.05, 4.69) is 19.2 Å². The second-order valence-electron chi connectivity index (χ2n) is 5.31. The molecule has 0 radical (unpaired) electrons. The molecular formula is C17H25N3O. The lowest BCUT2D eigenvalue weighted by Crippen LogP contribution is -2.32. The maximum absolute atomic E-state index is 12.6. The summed E-state index contributed by atoms with van der Waals surface area (Å²) in [5, 5.41) is 4.23. The van der Waals surface area contributed by atoms with Crippen molar-refractivity contribution in [2.24, 2.45) is 0 Å². The topological polar surface area (TPSA) is 46.9 Å². The van der Waals surface area contributed by atoms with Crippen LogP contribution in [0.5, 0.6) is 0 Å². The molecule has 0 fully saturated rings. The Hall–Kier alpha value is -1.68. The molecule has 4 heteroatoms. The van der Waals surface area contributed by atoms with Gasteiger partial charge in [-0.05, 0) is 38.4 Å². The van der Waals surface area contributed by atoms with Crippen LogP contribution in [-0.2, 0) is 6.54 Å². The van der Waals surface area contributed by atoms with Gasteiger partial charge < -0.3 is 5.32 Å². The van der Waals surface area contributed by atoms with Crippen LogP contribution in [0.25, 0.3) is 10.9 Å². The molecule has 1 aromatic carbocycles. The number of unbranched alkanes of at least 4 members (excludes halogenated alkanes) is 1. The van der Waals surface area contributed by atoms with E-state index in [-0.39, 0.29) is 11.6 Å². The number of rotatable bonds is 7. The first-order valence-corrected chi connectivity index (χ1v) is 7.95. The molecule has 0 spiro atoms. The predicted molar refractivity (Wildman–Crippen MR) is 87.6 cm³/mol. The first-order chi connectivity index (χ1) is 10.2. The summed E-state index contributed by atoms with van der Waals surface area (Å²) in [6, 6.07) is 7.72. The Morgan fingerprint density at radius 1 is 1.24 bits per heavy atom. The van der Waals surface area contributed by atoms with Gasteiger partial charge in [0.2, 0.25) is 0 Å². The summed E-state index contributed by atoms with van der Waals surface area (Å²) in [4.78, 5) is 17.4. The average Bonchev–Trinajstić information content (AvgIpc) is 2.52. The van der Waals surface area contributed by atoms with E-state index in [1.807, 2.05) is 31.2 Å². The number of aromatic nitrogens is 2. The SMILES string of the molecule is CCCCN[C@H](CC)c1nc2ccccc2c(=O)n1CC. The molecule has 114 valence electrons. The minimum atomic E-state index is 0.0637. The van der Waals surface area contributed by atoms with Crippen molar-refractivity contribution in [1.82, 2.24) is 14.9 Å². The Labute approximate surface area is 126 Å². The molecule has 0 saturated heterocycles. The van der Waals surface area contributed by atoms with Gasteiger partial charge in [0.15, 0.2) is 0 Å². The number of hydrogen-bond donors (Lipinski definition) is 1. The fourth-order valence-corrected chi connectivity index (χ4v) is 2.63. The van der Waals surface area contributed by atoms with Gasteiger partial charge in [0.05, 0.1) is 16.9 Å². The third-order valence-electron chi connectivity index (χ3n) is 3.85. The van der Waals surface area contributed by atoms with E-state index in [4.69, 9.17) is 4.98 Å². The monoisotopic (exact) mass is 287 g/mol. The number of fused-ring (bicyclic) bond motifs is 1. The second-order valence-corrected chi connectivity index (χ2v) is 5.31. The molecule has 1 atom stereocenters. The Kier molecular flexibility index (Phi) is 5.51. The Bertz CT molecular complexity index is 648. The van der Waals surface area contributed by atoms with E-state index >= 15 is 0 Å². The number of nitrogens with zero attached hydrogens (tertiary/aromatic N) is 2. The van der Waals surface area contributed by atoms with E-state index in [0.29, 0.717) is 11.9 Å². The molecule has 2 aromatic rings. The van der Waals surface area contributed by atoms with Crippen LogP contribution < -0.4 is 10.9 Å². The summed E-state index contributed by atoms with van der Waals surface area (Å²) >= 11 is 0. The highest BCUT2D eigenvalue weighted by Crippen LogP contribution is 2.16. The van der Waals surface area contributed by atoms with Gasteiger partial charge in [-0.3, -0.25) is 9.36 Å². The van der Waals surface area contributed by atoms with E-state index in [1.165, 1.54) is 0 Å². The van der Waals surface area contributed by atoms with Gasteiger partial charge in [-0.25, -0.2) is 4.98 Å². The predicted octanol–water partition coefficient (Wildman–Crippen LogP) is 3.26. The molecule has 0 unspecified atom stereocenters. The molecule has 0 saturated carbocycles. The summed E-state index contributed by atoms with van der Waals surface area (Å²) < 4.78 is 1.80. The van der Waals surface area contributed by atoms with Crippen molar-refractivity contribution in [3.05, 3.63) is 40.4 Å². The summed E-state index contributed by atoms with van der Waals surface area (Å²) in [5.41, 5.74) is 0.854. The number of nitrogens with one attached hydrogen (secondary N) is 1.